The lowest BCUT2D eigenvalue weighted by Gasteiger charge is -2.43. The lowest BCUT2D eigenvalue weighted by atomic mass is 9.92. The Morgan fingerprint density at radius 2 is 2.07 bits per heavy atom. The first kappa shape index (κ1) is 9.37. The minimum Gasteiger partial charge on any atom is -0.337 e. The van der Waals surface area contributed by atoms with E-state index < -0.39 is 0 Å². The fraction of sp³-hybridized carbons (Fsp3) is 0.600. The molecule has 1 aromatic heterocycles. The van der Waals surface area contributed by atoms with Crippen molar-refractivity contribution < 1.29 is 4.39 Å². The summed E-state index contributed by atoms with van der Waals surface area (Å²) in [5, 5.41) is 0. The second-order valence-corrected chi connectivity index (χ2v) is 3.99. The highest BCUT2D eigenvalue weighted by Crippen LogP contribution is 2.27. The number of halogens is 1. The summed E-state index contributed by atoms with van der Waals surface area (Å²) >= 11 is 0. The Morgan fingerprint density at radius 3 is 2.50 bits per heavy atom. The minimum absolute atomic E-state index is 0.379. The van der Waals surface area contributed by atoms with Gasteiger partial charge in [0.05, 0.1) is 12.4 Å². The zero-order valence-electron chi connectivity index (χ0n) is 8.44. The fourth-order valence-electron chi connectivity index (χ4n) is 1.80. The summed E-state index contributed by atoms with van der Waals surface area (Å²) in [6.07, 6.45) is 3.62. The molecular weight excluding hydrogens is 181 g/mol. The third kappa shape index (κ3) is 1.56. The first-order valence-electron chi connectivity index (χ1n) is 4.92. The van der Waals surface area contributed by atoms with E-state index in [1.807, 2.05) is 0 Å². The molecule has 4 heteroatoms. The van der Waals surface area contributed by atoms with Crippen molar-refractivity contribution in [3.63, 3.8) is 0 Å². The predicted octanol–water partition coefficient (Wildman–Crippen LogP) is 1.85. The maximum absolute atomic E-state index is 12.6. The zero-order chi connectivity index (χ0) is 10.1. The van der Waals surface area contributed by atoms with E-state index >= 15 is 0 Å². The van der Waals surface area contributed by atoms with E-state index in [2.05, 4.69) is 28.7 Å². The number of aromatic nitrogens is 2. The van der Waals surface area contributed by atoms with Crippen LogP contribution in [0.4, 0.5) is 10.3 Å². The van der Waals surface area contributed by atoms with Gasteiger partial charge in [0.15, 0.2) is 5.82 Å². The molecule has 1 aliphatic heterocycles. The molecule has 0 spiro atoms. The van der Waals surface area contributed by atoms with E-state index in [9.17, 15) is 4.39 Å². The van der Waals surface area contributed by atoms with Crippen molar-refractivity contribution in [2.45, 2.75) is 26.3 Å². The van der Waals surface area contributed by atoms with Gasteiger partial charge in [0.1, 0.15) is 0 Å². The number of hydrogen-bond donors (Lipinski definition) is 0. The van der Waals surface area contributed by atoms with Crippen molar-refractivity contribution in [2.24, 2.45) is 5.92 Å². The Hall–Kier alpha value is -1.19. The van der Waals surface area contributed by atoms with Gasteiger partial charge in [-0.1, -0.05) is 13.8 Å². The fourth-order valence-corrected chi connectivity index (χ4v) is 1.80. The molecule has 1 aliphatic rings. The number of hydrogen-bond acceptors (Lipinski definition) is 3. The molecule has 14 heavy (non-hydrogen) atoms. The van der Waals surface area contributed by atoms with E-state index in [0.717, 1.165) is 6.54 Å². The van der Waals surface area contributed by atoms with Crippen molar-refractivity contribution in [3.8, 4) is 0 Å². The topological polar surface area (TPSA) is 29.0 Å². The molecule has 0 unspecified atom stereocenters. The third-order valence-corrected chi connectivity index (χ3v) is 2.70. The molecule has 2 rings (SSSR count). The summed E-state index contributed by atoms with van der Waals surface area (Å²) in [4.78, 5) is 10.1. The standard InChI is InChI=1S/C10H14FN3/c1-7(2)9-3-4-14(9)10-12-5-8(11)6-13-10/h5-7,9H,3-4H2,1-2H3/t9-/m1/s1. The van der Waals surface area contributed by atoms with Crippen LogP contribution in [0.5, 0.6) is 0 Å². The maximum Gasteiger partial charge on any atom is 0.225 e. The van der Waals surface area contributed by atoms with Gasteiger partial charge in [-0.05, 0) is 12.3 Å². The highest BCUT2D eigenvalue weighted by atomic mass is 19.1. The maximum atomic E-state index is 12.6. The molecule has 0 saturated carbocycles. The van der Waals surface area contributed by atoms with Gasteiger partial charge in [-0.2, -0.15) is 0 Å². The van der Waals surface area contributed by atoms with Gasteiger partial charge >= 0.3 is 0 Å². The molecule has 2 heterocycles. The van der Waals surface area contributed by atoms with Gasteiger partial charge < -0.3 is 4.90 Å². The molecule has 0 bridgehead atoms. The van der Waals surface area contributed by atoms with Crippen LogP contribution in [0.2, 0.25) is 0 Å². The number of rotatable bonds is 2. The van der Waals surface area contributed by atoms with Crippen LogP contribution in [0.1, 0.15) is 20.3 Å². The molecule has 0 aromatic carbocycles. The van der Waals surface area contributed by atoms with Crippen LogP contribution in [0.15, 0.2) is 12.4 Å². The van der Waals surface area contributed by atoms with Crippen LogP contribution in [0.25, 0.3) is 0 Å². The first-order chi connectivity index (χ1) is 6.68. The van der Waals surface area contributed by atoms with Gasteiger partial charge in [-0.15, -0.1) is 0 Å². The van der Waals surface area contributed by atoms with Crippen molar-refractivity contribution in [1.82, 2.24) is 9.97 Å². The van der Waals surface area contributed by atoms with Gasteiger partial charge in [0.2, 0.25) is 5.95 Å². The highest BCUT2D eigenvalue weighted by Gasteiger charge is 2.32. The zero-order valence-corrected chi connectivity index (χ0v) is 8.44. The molecule has 0 N–H and O–H groups in total. The van der Waals surface area contributed by atoms with Gasteiger partial charge in [-0.3, -0.25) is 0 Å². The largest absolute Gasteiger partial charge is 0.337 e. The molecule has 1 atom stereocenters. The second-order valence-electron chi connectivity index (χ2n) is 3.99. The summed E-state index contributed by atoms with van der Waals surface area (Å²) in [5.41, 5.74) is 0. The average molecular weight is 195 g/mol. The first-order valence-corrected chi connectivity index (χ1v) is 4.92. The Morgan fingerprint density at radius 1 is 1.43 bits per heavy atom. The monoisotopic (exact) mass is 195 g/mol. The van der Waals surface area contributed by atoms with Crippen LogP contribution in [0, 0.1) is 11.7 Å². The predicted molar refractivity (Wildman–Crippen MR) is 52.6 cm³/mol. The van der Waals surface area contributed by atoms with Crippen LogP contribution in [-0.2, 0) is 0 Å². The molecule has 1 fully saturated rings. The molecule has 1 saturated heterocycles. The normalized spacial score (nSPS) is 21.1. The Kier molecular flexibility index (Phi) is 2.35. The third-order valence-electron chi connectivity index (χ3n) is 2.70. The molecule has 0 aliphatic carbocycles. The Labute approximate surface area is 83.0 Å². The second kappa shape index (κ2) is 3.52. The van der Waals surface area contributed by atoms with E-state index in [4.69, 9.17) is 0 Å². The van der Waals surface area contributed by atoms with E-state index in [1.54, 1.807) is 0 Å². The Balaban J connectivity index is 2.12. The molecule has 0 amide bonds. The van der Waals surface area contributed by atoms with Gasteiger partial charge in [-0.25, -0.2) is 14.4 Å². The van der Waals surface area contributed by atoms with E-state index in [0.29, 0.717) is 17.9 Å². The molecule has 0 radical (unpaired) electrons. The van der Waals surface area contributed by atoms with Crippen LogP contribution in [-0.4, -0.2) is 22.6 Å². The van der Waals surface area contributed by atoms with E-state index in [1.165, 1.54) is 18.8 Å². The summed E-state index contributed by atoms with van der Waals surface area (Å²) < 4.78 is 12.6. The van der Waals surface area contributed by atoms with Crippen molar-refractivity contribution in [3.05, 3.63) is 18.2 Å². The molecule has 76 valence electrons. The van der Waals surface area contributed by atoms with Gasteiger partial charge in [0, 0.05) is 12.6 Å². The smallest absolute Gasteiger partial charge is 0.225 e. The summed E-state index contributed by atoms with van der Waals surface area (Å²) in [5.74, 6) is 0.865. The lowest BCUT2D eigenvalue weighted by molar-refractivity contribution is 0.346. The van der Waals surface area contributed by atoms with E-state index in [-0.39, 0.29) is 5.82 Å². The highest BCUT2D eigenvalue weighted by molar-refractivity contribution is 5.35. The average Bonchev–Trinajstić information content (AvgIpc) is 2.05. The lowest BCUT2D eigenvalue weighted by Crippen LogP contribution is -2.51. The van der Waals surface area contributed by atoms with Crippen LogP contribution < -0.4 is 4.90 Å². The van der Waals surface area contributed by atoms with Crippen molar-refractivity contribution >= 4 is 5.95 Å². The van der Waals surface area contributed by atoms with Crippen molar-refractivity contribution in [1.29, 1.82) is 0 Å². The van der Waals surface area contributed by atoms with Crippen molar-refractivity contribution in [2.75, 3.05) is 11.4 Å². The van der Waals surface area contributed by atoms with Crippen LogP contribution >= 0.6 is 0 Å². The quantitative estimate of drug-likeness (QED) is 0.721. The number of anilines is 1. The summed E-state index contributed by atoms with van der Waals surface area (Å²) in [7, 11) is 0. The Bertz CT molecular complexity index is 310. The molecular formula is C10H14FN3. The molecule has 1 aromatic rings. The SMILES string of the molecule is CC(C)[C@H]1CCN1c1ncc(F)cn1. The minimum atomic E-state index is -0.379. The summed E-state index contributed by atoms with van der Waals surface area (Å²) in [6, 6.07) is 0.514. The van der Waals surface area contributed by atoms with Crippen LogP contribution in [0.3, 0.4) is 0 Å². The number of nitrogens with zero attached hydrogens (tertiary/aromatic N) is 3. The van der Waals surface area contributed by atoms with Gasteiger partial charge in [0.25, 0.3) is 0 Å². The molecule has 3 nitrogen and oxygen atoms in total. The summed E-state index contributed by atoms with van der Waals surface area (Å²) in [6.45, 7) is 5.34.